The van der Waals surface area contributed by atoms with Gasteiger partial charge in [-0.2, -0.15) is 0 Å². The summed E-state index contributed by atoms with van der Waals surface area (Å²) >= 11 is 0. The summed E-state index contributed by atoms with van der Waals surface area (Å²) in [4.78, 5) is 0. The first kappa shape index (κ1) is 11.4. The van der Waals surface area contributed by atoms with Crippen molar-refractivity contribution in [3.63, 3.8) is 0 Å². The second kappa shape index (κ2) is 4.83. The summed E-state index contributed by atoms with van der Waals surface area (Å²) in [6, 6.07) is 3.42. The van der Waals surface area contributed by atoms with E-state index in [4.69, 9.17) is 4.74 Å². The van der Waals surface area contributed by atoms with Crippen LogP contribution >= 0.6 is 0 Å². The van der Waals surface area contributed by atoms with Crippen molar-refractivity contribution in [1.82, 2.24) is 5.32 Å². The van der Waals surface area contributed by atoms with Crippen molar-refractivity contribution in [3.05, 3.63) is 29.1 Å². The predicted octanol–water partition coefficient (Wildman–Crippen LogP) is 2.96. The van der Waals surface area contributed by atoms with E-state index in [1.807, 2.05) is 6.92 Å². The van der Waals surface area contributed by atoms with Gasteiger partial charge in [-0.3, -0.25) is 0 Å². The first-order valence-electron chi connectivity index (χ1n) is 5.80. The standard InChI is InChI=1S/C13H18FNO/c1-9-10(14)6-7-12(16-2)13(9)11-5-3-4-8-15-11/h6-7,11,15H,3-5,8H2,1-2H3. The molecule has 1 aromatic rings. The molecule has 1 N–H and O–H groups in total. The lowest BCUT2D eigenvalue weighted by Gasteiger charge is -2.27. The maximum atomic E-state index is 13.6. The Labute approximate surface area is 95.8 Å². The molecule has 0 aliphatic carbocycles. The van der Waals surface area contributed by atoms with Crippen LogP contribution < -0.4 is 10.1 Å². The number of ether oxygens (including phenoxy) is 1. The van der Waals surface area contributed by atoms with E-state index in [2.05, 4.69) is 5.32 Å². The molecule has 0 amide bonds. The lowest BCUT2D eigenvalue weighted by molar-refractivity contribution is 0.370. The molecule has 0 aromatic heterocycles. The molecule has 0 radical (unpaired) electrons. The molecule has 2 rings (SSSR count). The van der Waals surface area contributed by atoms with Crippen molar-refractivity contribution in [1.29, 1.82) is 0 Å². The van der Waals surface area contributed by atoms with Crippen molar-refractivity contribution >= 4 is 0 Å². The van der Waals surface area contributed by atoms with Gasteiger partial charge in [-0.25, -0.2) is 4.39 Å². The quantitative estimate of drug-likeness (QED) is 0.832. The Morgan fingerprint density at radius 3 is 2.81 bits per heavy atom. The van der Waals surface area contributed by atoms with E-state index in [0.717, 1.165) is 24.3 Å². The molecule has 1 saturated heterocycles. The van der Waals surface area contributed by atoms with Crippen molar-refractivity contribution in [3.8, 4) is 5.75 Å². The molecule has 2 nitrogen and oxygen atoms in total. The number of hydrogen-bond donors (Lipinski definition) is 1. The summed E-state index contributed by atoms with van der Waals surface area (Å²) in [5, 5.41) is 3.43. The van der Waals surface area contributed by atoms with Gasteiger partial charge in [-0.15, -0.1) is 0 Å². The average molecular weight is 223 g/mol. The highest BCUT2D eigenvalue weighted by molar-refractivity contribution is 5.43. The average Bonchev–Trinajstić information content (AvgIpc) is 2.33. The second-order valence-electron chi connectivity index (χ2n) is 4.29. The van der Waals surface area contributed by atoms with Crippen LogP contribution in [-0.2, 0) is 0 Å². The minimum absolute atomic E-state index is 0.150. The van der Waals surface area contributed by atoms with Gasteiger partial charge < -0.3 is 10.1 Å². The fraction of sp³-hybridized carbons (Fsp3) is 0.538. The van der Waals surface area contributed by atoms with Crippen molar-refractivity contribution < 1.29 is 9.13 Å². The summed E-state index contributed by atoms with van der Waals surface area (Å²) < 4.78 is 18.9. The number of hydrogen-bond acceptors (Lipinski definition) is 2. The van der Waals surface area contributed by atoms with E-state index in [1.54, 1.807) is 13.2 Å². The Hall–Kier alpha value is -1.09. The molecule has 1 unspecified atom stereocenters. The minimum Gasteiger partial charge on any atom is -0.496 e. The summed E-state index contributed by atoms with van der Waals surface area (Å²) in [6.45, 7) is 2.83. The summed E-state index contributed by atoms with van der Waals surface area (Å²) in [6.07, 6.45) is 3.45. The molecular weight excluding hydrogens is 205 g/mol. The highest BCUT2D eigenvalue weighted by Gasteiger charge is 2.21. The zero-order valence-corrected chi connectivity index (χ0v) is 9.85. The number of benzene rings is 1. The van der Waals surface area contributed by atoms with Crippen molar-refractivity contribution in [2.24, 2.45) is 0 Å². The number of halogens is 1. The number of nitrogens with one attached hydrogen (secondary N) is 1. The fourth-order valence-corrected chi connectivity index (χ4v) is 2.39. The normalized spacial score (nSPS) is 20.8. The van der Waals surface area contributed by atoms with Crippen LogP contribution in [0.4, 0.5) is 4.39 Å². The topological polar surface area (TPSA) is 21.3 Å². The maximum Gasteiger partial charge on any atom is 0.126 e. The van der Waals surface area contributed by atoms with Crippen LogP contribution in [0.2, 0.25) is 0 Å². The third-order valence-corrected chi connectivity index (χ3v) is 3.29. The Morgan fingerprint density at radius 1 is 1.38 bits per heavy atom. The van der Waals surface area contributed by atoms with Crippen LogP contribution in [0.15, 0.2) is 12.1 Å². The lowest BCUT2D eigenvalue weighted by atomic mass is 9.93. The van der Waals surface area contributed by atoms with E-state index >= 15 is 0 Å². The third kappa shape index (κ3) is 2.05. The van der Waals surface area contributed by atoms with Crippen LogP contribution in [0.25, 0.3) is 0 Å². The van der Waals surface area contributed by atoms with Gasteiger partial charge in [0.15, 0.2) is 0 Å². The van der Waals surface area contributed by atoms with Gasteiger partial charge in [0, 0.05) is 11.6 Å². The Balaban J connectivity index is 2.39. The van der Waals surface area contributed by atoms with Crippen LogP contribution in [0, 0.1) is 12.7 Å². The first-order chi connectivity index (χ1) is 7.74. The van der Waals surface area contributed by atoms with Gasteiger partial charge in [-0.1, -0.05) is 6.42 Å². The largest absolute Gasteiger partial charge is 0.496 e. The Morgan fingerprint density at radius 2 is 2.19 bits per heavy atom. The molecule has 0 saturated carbocycles. The highest BCUT2D eigenvalue weighted by Crippen LogP contribution is 2.34. The monoisotopic (exact) mass is 223 g/mol. The van der Waals surface area contributed by atoms with E-state index in [0.29, 0.717) is 5.56 Å². The fourth-order valence-electron chi connectivity index (χ4n) is 2.39. The molecule has 1 atom stereocenters. The molecule has 0 bridgehead atoms. The third-order valence-electron chi connectivity index (χ3n) is 3.29. The molecule has 1 fully saturated rings. The maximum absolute atomic E-state index is 13.6. The number of piperidine rings is 1. The first-order valence-corrected chi connectivity index (χ1v) is 5.80. The minimum atomic E-state index is -0.150. The number of methoxy groups -OCH3 is 1. The van der Waals surface area contributed by atoms with Gasteiger partial charge in [0.1, 0.15) is 11.6 Å². The summed E-state index contributed by atoms with van der Waals surface area (Å²) in [7, 11) is 1.64. The van der Waals surface area contributed by atoms with E-state index < -0.39 is 0 Å². The molecular formula is C13H18FNO. The second-order valence-corrected chi connectivity index (χ2v) is 4.29. The van der Waals surface area contributed by atoms with Gasteiger partial charge in [0.25, 0.3) is 0 Å². The van der Waals surface area contributed by atoms with Crippen molar-refractivity contribution in [2.45, 2.75) is 32.2 Å². The van der Waals surface area contributed by atoms with E-state index in [1.165, 1.54) is 18.9 Å². The highest BCUT2D eigenvalue weighted by atomic mass is 19.1. The Bertz CT molecular complexity index is 372. The predicted molar refractivity (Wildman–Crippen MR) is 62.3 cm³/mol. The molecule has 1 aromatic carbocycles. The molecule has 1 aliphatic rings. The molecule has 1 aliphatic heterocycles. The summed E-state index contributed by atoms with van der Waals surface area (Å²) in [5.41, 5.74) is 1.70. The van der Waals surface area contributed by atoms with Gasteiger partial charge in [0.2, 0.25) is 0 Å². The zero-order chi connectivity index (χ0) is 11.5. The van der Waals surface area contributed by atoms with Crippen LogP contribution in [0.3, 0.4) is 0 Å². The SMILES string of the molecule is COc1ccc(F)c(C)c1C1CCCCN1. The number of rotatable bonds is 2. The summed E-state index contributed by atoms with van der Waals surface area (Å²) in [5.74, 6) is 0.640. The molecule has 1 heterocycles. The van der Waals surface area contributed by atoms with Crippen molar-refractivity contribution in [2.75, 3.05) is 13.7 Å². The van der Waals surface area contributed by atoms with Crippen LogP contribution in [0.5, 0.6) is 5.75 Å². The molecule has 16 heavy (non-hydrogen) atoms. The molecule has 3 heteroatoms. The van der Waals surface area contributed by atoms with Crippen LogP contribution in [-0.4, -0.2) is 13.7 Å². The smallest absolute Gasteiger partial charge is 0.126 e. The molecule has 88 valence electrons. The van der Waals surface area contributed by atoms with Gasteiger partial charge >= 0.3 is 0 Å². The Kier molecular flexibility index (Phi) is 3.44. The van der Waals surface area contributed by atoms with Gasteiger partial charge in [0.05, 0.1) is 7.11 Å². The van der Waals surface area contributed by atoms with E-state index in [9.17, 15) is 4.39 Å². The van der Waals surface area contributed by atoms with Gasteiger partial charge in [-0.05, 0) is 44.0 Å². The lowest BCUT2D eigenvalue weighted by Crippen LogP contribution is -2.28. The molecule has 0 spiro atoms. The zero-order valence-electron chi connectivity index (χ0n) is 9.85. The van der Waals surface area contributed by atoms with Crippen LogP contribution in [0.1, 0.15) is 36.4 Å². The van der Waals surface area contributed by atoms with E-state index in [-0.39, 0.29) is 11.9 Å².